The topological polar surface area (TPSA) is 57.0 Å². The Morgan fingerprint density at radius 1 is 1.47 bits per heavy atom. The molecule has 0 aliphatic heterocycles. The minimum Gasteiger partial charge on any atom is -0.494 e. The van der Waals surface area contributed by atoms with E-state index < -0.39 is 0 Å². The monoisotopic (exact) mass is 231 g/mol. The van der Waals surface area contributed by atoms with E-state index in [-0.39, 0.29) is 5.78 Å². The number of aromatic nitrogens is 3. The van der Waals surface area contributed by atoms with E-state index in [1.165, 1.54) is 7.11 Å². The second-order valence-electron chi connectivity index (χ2n) is 3.65. The molecule has 0 fully saturated rings. The lowest BCUT2D eigenvalue weighted by atomic mass is 10.1. The number of hydrogen-bond acceptors (Lipinski definition) is 4. The normalized spacial score (nSPS) is 10.3. The van der Waals surface area contributed by atoms with Crippen molar-refractivity contribution < 1.29 is 9.53 Å². The van der Waals surface area contributed by atoms with Gasteiger partial charge in [0, 0.05) is 18.9 Å². The minimum absolute atomic E-state index is 0.173. The molecule has 0 atom stereocenters. The van der Waals surface area contributed by atoms with Gasteiger partial charge in [-0.1, -0.05) is 0 Å². The van der Waals surface area contributed by atoms with Gasteiger partial charge in [0.05, 0.1) is 18.9 Å². The summed E-state index contributed by atoms with van der Waals surface area (Å²) >= 11 is 0. The quantitative estimate of drug-likeness (QED) is 0.748. The molecule has 0 aliphatic rings. The van der Waals surface area contributed by atoms with Gasteiger partial charge < -0.3 is 4.74 Å². The molecular formula is C12H13N3O2. The predicted octanol–water partition coefficient (Wildman–Crippen LogP) is 1.36. The molecule has 88 valence electrons. The molecule has 17 heavy (non-hydrogen) atoms. The Morgan fingerprint density at radius 2 is 2.24 bits per heavy atom. The van der Waals surface area contributed by atoms with Crippen molar-refractivity contribution in [3.63, 3.8) is 0 Å². The van der Waals surface area contributed by atoms with Crippen LogP contribution in [0, 0.1) is 6.92 Å². The molecule has 2 aromatic rings. The van der Waals surface area contributed by atoms with Crippen LogP contribution in [0.25, 0.3) is 0 Å². The summed E-state index contributed by atoms with van der Waals surface area (Å²) in [5.41, 5.74) is 1.67. The van der Waals surface area contributed by atoms with Gasteiger partial charge in [-0.3, -0.25) is 9.48 Å². The molecule has 0 bridgehead atoms. The lowest BCUT2D eigenvalue weighted by Crippen LogP contribution is -2.07. The fourth-order valence-corrected chi connectivity index (χ4v) is 1.57. The maximum Gasteiger partial charge on any atom is 0.218 e. The first-order valence-corrected chi connectivity index (χ1v) is 5.17. The fourth-order valence-electron chi connectivity index (χ4n) is 1.57. The molecule has 0 aromatic carbocycles. The van der Waals surface area contributed by atoms with E-state index in [0.29, 0.717) is 17.0 Å². The molecule has 0 spiro atoms. The molecule has 0 saturated carbocycles. The Balaban J connectivity index is 2.47. The Kier molecular flexibility index (Phi) is 2.91. The molecule has 2 aromatic heterocycles. The van der Waals surface area contributed by atoms with Gasteiger partial charge in [0.2, 0.25) is 5.78 Å². The number of pyridine rings is 1. The van der Waals surface area contributed by atoms with Crippen molar-refractivity contribution in [2.45, 2.75) is 6.92 Å². The summed E-state index contributed by atoms with van der Waals surface area (Å²) in [5.74, 6) is 0.300. The number of ketones is 1. The van der Waals surface area contributed by atoms with Crippen molar-refractivity contribution >= 4 is 5.78 Å². The number of rotatable bonds is 3. The molecule has 0 amide bonds. The first kappa shape index (κ1) is 11.3. The zero-order chi connectivity index (χ0) is 12.4. The van der Waals surface area contributed by atoms with Crippen LogP contribution in [0.2, 0.25) is 0 Å². The smallest absolute Gasteiger partial charge is 0.218 e. The minimum atomic E-state index is -0.173. The summed E-state index contributed by atoms with van der Waals surface area (Å²) < 4.78 is 6.78. The molecular weight excluding hydrogens is 218 g/mol. The van der Waals surface area contributed by atoms with Crippen molar-refractivity contribution in [3.8, 4) is 5.75 Å². The largest absolute Gasteiger partial charge is 0.494 e. The summed E-state index contributed by atoms with van der Waals surface area (Å²) in [6, 6.07) is 3.44. The van der Waals surface area contributed by atoms with Gasteiger partial charge in [-0.2, -0.15) is 5.10 Å². The lowest BCUT2D eigenvalue weighted by molar-refractivity contribution is 0.103. The van der Waals surface area contributed by atoms with Crippen LogP contribution in [0.5, 0.6) is 5.75 Å². The van der Waals surface area contributed by atoms with E-state index in [0.717, 1.165) is 5.69 Å². The third-order valence-corrected chi connectivity index (χ3v) is 2.69. The Labute approximate surface area is 99.1 Å². The van der Waals surface area contributed by atoms with Crippen molar-refractivity contribution in [1.29, 1.82) is 0 Å². The maximum absolute atomic E-state index is 12.3. The van der Waals surface area contributed by atoms with Gasteiger partial charge in [-0.05, 0) is 19.1 Å². The van der Waals surface area contributed by atoms with Gasteiger partial charge in [-0.15, -0.1) is 0 Å². The molecule has 2 heterocycles. The molecule has 0 radical (unpaired) electrons. The molecule has 0 unspecified atom stereocenters. The van der Waals surface area contributed by atoms with Gasteiger partial charge >= 0.3 is 0 Å². The molecule has 5 heteroatoms. The highest BCUT2D eigenvalue weighted by atomic mass is 16.5. The molecule has 2 rings (SSSR count). The second kappa shape index (κ2) is 4.37. The molecule has 0 saturated heterocycles. The van der Waals surface area contributed by atoms with Crippen molar-refractivity contribution in [3.05, 3.63) is 41.5 Å². The van der Waals surface area contributed by atoms with E-state index >= 15 is 0 Å². The van der Waals surface area contributed by atoms with Crippen LogP contribution in [-0.2, 0) is 7.05 Å². The predicted molar refractivity (Wildman–Crippen MR) is 62.2 cm³/mol. The third-order valence-electron chi connectivity index (χ3n) is 2.69. The summed E-state index contributed by atoms with van der Waals surface area (Å²) in [5, 5.41) is 4.05. The van der Waals surface area contributed by atoms with E-state index in [4.69, 9.17) is 4.74 Å². The molecule has 0 N–H and O–H groups in total. The second-order valence-corrected chi connectivity index (χ2v) is 3.65. The van der Waals surface area contributed by atoms with Crippen LogP contribution in [0.3, 0.4) is 0 Å². The Hall–Kier alpha value is -2.17. The van der Waals surface area contributed by atoms with E-state index in [1.54, 1.807) is 36.3 Å². The number of carbonyl (C=O) groups excluding carboxylic acids is 1. The number of aryl methyl sites for hydroxylation is 1. The van der Waals surface area contributed by atoms with Crippen LogP contribution < -0.4 is 4.74 Å². The average Bonchev–Trinajstić information content (AvgIpc) is 2.69. The van der Waals surface area contributed by atoms with Gasteiger partial charge in [0.25, 0.3) is 0 Å². The standard InChI is InChI=1S/C12H13N3O2/c1-8-9(7-14-15(8)2)12(16)11-10(17-3)5-4-6-13-11/h4-7H,1-3H3. The number of methoxy groups -OCH3 is 1. The molecule has 5 nitrogen and oxygen atoms in total. The van der Waals surface area contributed by atoms with Gasteiger partial charge in [-0.25, -0.2) is 4.98 Å². The number of nitrogens with zero attached hydrogens (tertiary/aromatic N) is 3. The van der Waals surface area contributed by atoms with Crippen molar-refractivity contribution in [2.24, 2.45) is 7.05 Å². The summed E-state index contributed by atoms with van der Waals surface area (Å²) in [7, 11) is 3.31. The van der Waals surface area contributed by atoms with Crippen LogP contribution in [0.4, 0.5) is 0 Å². The maximum atomic E-state index is 12.3. The summed E-state index contributed by atoms with van der Waals surface area (Å²) in [4.78, 5) is 16.3. The van der Waals surface area contributed by atoms with Gasteiger partial charge in [0.1, 0.15) is 5.75 Å². The van der Waals surface area contributed by atoms with Crippen molar-refractivity contribution in [2.75, 3.05) is 7.11 Å². The fraction of sp³-hybridized carbons (Fsp3) is 0.250. The van der Waals surface area contributed by atoms with E-state index in [1.807, 2.05) is 6.92 Å². The number of ether oxygens (including phenoxy) is 1. The first-order chi connectivity index (χ1) is 8.15. The van der Waals surface area contributed by atoms with Crippen LogP contribution in [-0.4, -0.2) is 27.7 Å². The first-order valence-electron chi connectivity index (χ1n) is 5.17. The number of hydrogen-bond donors (Lipinski definition) is 0. The molecule has 0 aliphatic carbocycles. The Morgan fingerprint density at radius 3 is 2.82 bits per heavy atom. The highest BCUT2D eigenvalue weighted by Crippen LogP contribution is 2.19. The van der Waals surface area contributed by atoms with Crippen LogP contribution in [0.1, 0.15) is 21.7 Å². The highest BCUT2D eigenvalue weighted by Gasteiger charge is 2.19. The van der Waals surface area contributed by atoms with Crippen molar-refractivity contribution in [1.82, 2.24) is 14.8 Å². The third kappa shape index (κ3) is 1.91. The summed E-state index contributed by atoms with van der Waals surface area (Å²) in [6.45, 7) is 1.84. The lowest BCUT2D eigenvalue weighted by Gasteiger charge is -2.05. The van der Waals surface area contributed by atoms with E-state index in [9.17, 15) is 4.79 Å². The zero-order valence-corrected chi connectivity index (χ0v) is 9.97. The highest BCUT2D eigenvalue weighted by molar-refractivity contribution is 6.09. The van der Waals surface area contributed by atoms with Crippen LogP contribution in [0.15, 0.2) is 24.5 Å². The van der Waals surface area contributed by atoms with Crippen LogP contribution >= 0.6 is 0 Å². The zero-order valence-electron chi connectivity index (χ0n) is 9.97. The average molecular weight is 231 g/mol. The SMILES string of the molecule is COc1cccnc1C(=O)c1cnn(C)c1C. The summed E-state index contributed by atoms with van der Waals surface area (Å²) in [6.07, 6.45) is 3.12. The van der Waals surface area contributed by atoms with Gasteiger partial charge in [0.15, 0.2) is 5.69 Å². The van der Waals surface area contributed by atoms with E-state index in [2.05, 4.69) is 10.1 Å². The Bertz CT molecular complexity index is 561. The number of carbonyl (C=O) groups is 1.